The molecular formula is C15H18N2O3. The van der Waals surface area contributed by atoms with Crippen LogP contribution in [0.1, 0.15) is 23.5 Å². The minimum atomic E-state index is -0.819. The topological polar surface area (TPSA) is 75.2 Å². The normalized spacial score (nSPS) is 10.6. The Balaban J connectivity index is 2.28. The van der Waals surface area contributed by atoms with E-state index in [1.807, 2.05) is 32.0 Å². The maximum Gasteiger partial charge on any atom is 0.303 e. The Bertz CT molecular complexity index is 632. The van der Waals surface area contributed by atoms with Crippen molar-refractivity contribution in [3.05, 3.63) is 35.3 Å². The number of hydrogen-bond donors (Lipinski definition) is 2. The molecule has 0 aliphatic rings. The van der Waals surface area contributed by atoms with Crippen molar-refractivity contribution in [1.82, 2.24) is 9.97 Å². The summed E-state index contributed by atoms with van der Waals surface area (Å²) in [7, 11) is 1.64. The molecule has 1 aromatic heterocycles. The summed E-state index contributed by atoms with van der Waals surface area (Å²) < 4.78 is 5.24. The molecule has 0 unspecified atom stereocenters. The summed E-state index contributed by atoms with van der Waals surface area (Å²) in [4.78, 5) is 18.2. The number of carboxylic acid groups (broad SMARTS) is 1. The summed E-state index contributed by atoms with van der Waals surface area (Å²) >= 11 is 0. The number of nitrogens with zero attached hydrogens (tertiary/aromatic N) is 1. The van der Waals surface area contributed by atoms with Crippen molar-refractivity contribution in [1.29, 1.82) is 0 Å². The van der Waals surface area contributed by atoms with Gasteiger partial charge in [0.15, 0.2) is 0 Å². The Labute approximate surface area is 117 Å². The number of imidazole rings is 1. The maximum atomic E-state index is 10.6. The van der Waals surface area contributed by atoms with E-state index in [0.717, 1.165) is 28.3 Å². The number of ether oxygens (including phenoxy) is 1. The molecule has 2 N–H and O–H groups in total. The lowest BCUT2D eigenvalue weighted by Crippen LogP contribution is -1.98. The zero-order chi connectivity index (χ0) is 14.7. The van der Waals surface area contributed by atoms with Gasteiger partial charge in [0, 0.05) is 17.7 Å². The number of aromatic nitrogens is 2. The average Bonchev–Trinajstić information content (AvgIpc) is 2.77. The predicted molar refractivity (Wildman–Crippen MR) is 76.0 cm³/mol. The summed E-state index contributed by atoms with van der Waals surface area (Å²) in [6, 6.07) is 5.88. The molecule has 1 aromatic carbocycles. The second-order valence-electron chi connectivity index (χ2n) is 4.74. The average molecular weight is 274 g/mol. The van der Waals surface area contributed by atoms with Crippen LogP contribution in [-0.4, -0.2) is 28.2 Å². The number of rotatable bonds is 5. The Kier molecular flexibility index (Phi) is 4.08. The molecular weight excluding hydrogens is 256 g/mol. The van der Waals surface area contributed by atoms with Crippen LogP contribution < -0.4 is 4.74 Å². The molecule has 0 aliphatic heterocycles. The van der Waals surface area contributed by atoms with Gasteiger partial charge in [0.05, 0.1) is 19.2 Å². The van der Waals surface area contributed by atoms with Gasteiger partial charge in [-0.1, -0.05) is 0 Å². The summed E-state index contributed by atoms with van der Waals surface area (Å²) in [6.07, 6.45) is 0.485. The monoisotopic (exact) mass is 274 g/mol. The van der Waals surface area contributed by atoms with Crippen LogP contribution in [0.25, 0.3) is 11.3 Å². The number of carboxylic acids is 1. The minimum Gasteiger partial charge on any atom is -0.496 e. The number of H-pyrrole nitrogens is 1. The summed E-state index contributed by atoms with van der Waals surface area (Å²) in [5.74, 6) is 0.724. The Morgan fingerprint density at radius 3 is 2.75 bits per heavy atom. The van der Waals surface area contributed by atoms with E-state index in [9.17, 15) is 4.79 Å². The van der Waals surface area contributed by atoms with Crippen LogP contribution in [0.15, 0.2) is 18.2 Å². The quantitative estimate of drug-likeness (QED) is 0.879. The third-order valence-electron chi connectivity index (χ3n) is 3.18. The van der Waals surface area contributed by atoms with Gasteiger partial charge in [0.25, 0.3) is 0 Å². The largest absolute Gasteiger partial charge is 0.496 e. The van der Waals surface area contributed by atoms with Crippen LogP contribution in [0.4, 0.5) is 0 Å². The summed E-state index contributed by atoms with van der Waals surface area (Å²) in [6.45, 7) is 3.92. The van der Waals surface area contributed by atoms with Crippen LogP contribution >= 0.6 is 0 Å². The number of aryl methyl sites for hydroxylation is 3. The van der Waals surface area contributed by atoms with E-state index in [0.29, 0.717) is 12.2 Å². The molecule has 2 aromatic rings. The van der Waals surface area contributed by atoms with Gasteiger partial charge in [-0.05, 0) is 37.6 Å². The molecule has 5 heteroatoms. The van der Waals surface area contributed by atoms with Crippen molar-refractivity contribution in [2.45, 2.75) is 26.7 Å². The fourth-order valence-electron chi connectivity index (χ4n) is 2.17. The van der Waals surface area contributed by atoms with E-state index in [-0.39, 0.29) is 6.42 Å². The lowest BCUT2D eigenvalue weighted by Gasteiger charge is -2.06. The zero-order valence-corrected chi connectivity index (χ0v) is 11.9. The maximum absolute atomic E-state index is 10.6. The first-order valence-corrected chi connectivity index (χ1v) is 6.43. The summed E-state index contributed by atoms with van der Waals surface area (Å²) in [5.41, 5.74) is 3.84. The lowest BCUT2D eigenvalue weighted by atomic mass is 10.1. The molecule has 2 rings (SSSR count). The van der Waals surface area contributed by atoms with E-state index in [1.54, 1.807) is 7.11 Å². The minimum absolute atomic E-state index is 0.0774. The first kappa shape index (κ1) is 14.1. The number of aromatic amines is 1. The molecule has 106 valence electrons. The number of nitrogens with one attached hydrogen (secondary N) is 1. The first-order chi connectivity index (χ1) is 9.51. The highest BCUT2D eigenvalue weighted by Gasteiger charge is 2.11. The van der Waals surface area contributed by atoms with Crippen LogP contribution in [0.3, 0.4) is 0 Å². The highest BCUT2D eigenvalue weighted by molar-refractivity contribution is 5.67. The smallest absolute Gasteiger partial charge is 0.303 e. The van der Waals surface area contributed by atoms with Gasteiger partial charge in [-0.25, -0.2) is 4.98 Å². The van der Waals surface area contributed by atoms with Crippen LogP contribution in [0, 0.1) is 13.8 Å². The Morgan fingerprint density at radius 2 is 2.15 bits per heavy atom. The summed E-state index contributed by atoms with van der Waals surface area (Å²) in [5, 5.41) is 8.71. The second-order valence-corrected chi connectivity index (χ2v) is 4.74. The number of benzene rings is 1. The fourth-order valence-corrected chi connectivity index (χ4v) is 2.17. The lowest BCUT2D eigenvalue weighted by molar-refractivity contribution is -0.137. The molecule has 0 saturated heterocycles. The van der Waals surface area contributed by atoms with Crippen LogP contribution in [0.5, 0.6) is 5.75 Å². The number of methoxy groups -OCH3 is 1. The van der Waals surface area contributed by atoms with Crippen LogP contribution in [-0.2, 0) is 11.2 Å². The third kappa shape index (κ3) is 2.99. The fraction of sp³-hybridized carbons (Fsp3) is 0.333. The molecule has 0 spiro atoms. The molecule has 0 radical (unpaired) electrons. The van der Waals surface area contributed by atoms with Crippen molar-refractivity contribution < 1.29 is 14.6 Å². The highest BCUT2D eigenvalue weighted by atomic mass is 16.5. The molecule has 20 heavy (non-hydrogen) atoms. The molecule has 0 amide bonds. The van der Waals surface area contributed by atoms with E-state index in [1.165, 1.54) is 0 Å². The van der Waals surface area contributed by atoms with Gasteiger partial charge in [0.2, 0.25) is 0 Å². The number of carbonyl (C=O) groups is 1. The Morgan fingerprint density at radius 1 is 1.40 bits per heavy atom. The third-order valence-corrected chi connectivity index (χ3v) is 3.18. The molecule has 1 heterocycles. The highest BCUT2D eigenvalue weighted by Crippen LogP contribution is 2.27. The van der Waals surface area contributed by atoms with Crippen molar-refractivity contribution in [2.75, 3.05) is 7.11 Å². The molecule has 0 fully saturated rings. The van der Waals surface area contributed by atoms with Gasteiger partial charge in [-0.15, -0.1) is 0 Å². The van der Waals surface area contributed by atoms with Crippen molar-refractivity contribution in [2.24, 2.45) is 0 Å². The molecule has 0 saturated carbocycles. The van der Waals surface area contributed by atoms with Gasteiger partial charge < -0.3 is 14.8 Å². The number of hydrogen-bond acceptors (Lipinski definition) is 3. The van der Waals surface area contributed by atoms with Gasteiger partial charge >= 0.3 is 5.97 Å². The van der Waals surface area contributed by atoms with E-state index < -0.39 is 5.97 Å². The van der Waals surface area contributed by atoms with Crippen LogP contribution in [0.2, 0.25) is 0 Å². The van der Waals surface area contributed by atoms with Crippen molar-refractivity contribution in [3.63, 3.8) is 0 Å². The SMILES string of the molecule is COc1ccc(-c2nc(CCC(=O)O)[nH]c2C)cc1C. The van der Waals surface area contributed by atoms with Crippen molar-refractivity contribution in [3.8, 4) is 17.0 Å². The molecule has 5 nitrogen and oxygen atoms in total. The van der Waals surface area contributed by atoms with Gasteiger partial charge in [-0.2, -0.15) is 0 Å². The zero-order valence-electron chi connectivity index (χ0n) is 11.9. The van der Waals surface area contributed by atoms with E-state index in [4.69, 9.17) is 9.84 Å². The van der Waals surface area contributed by atoms with Gasteiger partial charge in [0.1, 0.15) is 11.6 Å². The molecule has 0 bridgehead atoms. The second kappa shape index (κ2) is 5.77. The van der Waals surface area contributed by atoms with E-state index >= 15 is 0 Å². The number of aliphatic carboxylic acids is 1. The molecule has 0 aliphatic carbocycles. The Hall–Kier alpha value is -2.30. The van der Waals surface area contributed by atoms with Crippen molar-refractivity contribution >= 4 is 5.97 Å². The van der Waals surface area contributed by atoms with E-state index in [2.05, 4.69) is 9.97 Å². The standard InChI is InChI=1S/C15H18N2O3/c1-9-8-11(4-5-12(9)20-3)15-10(2)16-13(17-15)6-7-14(18)19/h4-5,8H,6-7H2,1-3H3,(H,16,17)(H,18,19). The molecule has 0 atom stereocenters. The van der Waals surface area contributed by atoms with Gasteiger partial charge in [-0.3, -0.25) is 4.79 Å². The first-order valence-electron chi connectivity index (χ1n) is 6.43. The predicted octanol–water partition coefficient (Wildman–Crippen LogP) is 2.72.